The second-order valence-corrected chi connectivity index (χ2v) is 8.98. The van der Waals surface area contributed by atoms with E-state index in [1.807, 2.05) is 17.9 Å². The summed E-state index contributed by atoms with van der Waals surface area (Å²) < 4.78 is 9.85. The average molecular weight is 419 g/mol. The van der Waals surface area contributed by atoms with Crippen LogP contribution in [-0.2, 0) is 37.7 Å². The van der Waals surface area contributed by atoms with Crippen molar-refractivity contribution in [2.24, 2.45) is 7.05 Å². The largest absolute Gasteiger partial charge is 0.381 e. The first-order valence-electron chi connectivity index (χ1n) is 11.5. The Labute approximate surface area is 183 Å². The molecule has 0 unspecified atom stereocenters. The molecule has 1 aromatic carbocycles. The zero-order valence-electron chi connectivity index (χ0n) is 18.2. The van der Waals surface area contributed by atoms with Crippen LogP contribution in [0.5, 0.6) is 0 Å². The van der Waals surface area contributed by atoms with Gasteiger partial charge in [-0.1, -0.05) is 18.2 Å². The van der Waals surface area contributed by atoms with E-state index < -0.39 is 0 Å². The summed E-state index contributed by atoms with van der Waals surface area (Å²) in [5.74, 6) is 0. The highest BCUT2D eigenvalue weighted by molar-refractivity contribution is 5.71. The Morgan fingerprint density at radius 2 is 2.03 bits per heavy atom. The monoisotopic (exact) mass is 418 g/mol. The topological polar surface area (TPSA) is 60.1 Å². The van der Waals surface area contributed by atoms with Crippen LogP contribution < -0.4 is 10.2 Å². The van der Waals surface area contributed by atoms with Crippen molar-refractivity contribution in [2.75, 3.05) is 31.2 Å². The van der Waals surface area contributed by atoms with Gasteiger partial charge in [-0.25, -0.2) is 0 Å². The quantitative estimate of drug-likeness (QED) is 0.709. The maximum Gasteiger partial charge on any atom is 0.0974 e. The molecule has 0 bridgehead atoms. The Hall–Kier alpha value is -2.64. The fourth-order valence-electron chi connectivity index (χ4n) is 5.45. The SMILES string of the molecule is Cn1cc(N2CCc3c(cccc3-c3nn(C4CCOCC4)c4c3CNCC4)C2)cn1. The first-order valence-corrected chi connectivity index (χ1v) is 11.5. The van der Waals surface area contributed by atoms with E-state index in [0.717, 1.165) is 65.1 Å². The van der Waals surface area contributed by atoms with E-state index in [1.165, 1.54) is 39.3 Å². The molecule has 1 saturated heterocycles. The Balaban J connectivity index is 1.38. The van der Waals surface area contributed by atoms with Gasteiger partial charge in [0.1, 0.15) is 0 Å². The highest BCUT2D eigenvalue weighted by atomic mass is 16.5. The van der Waals surface area contributed by atoms with Gasteiger partial charge in [-0.3, -0.25) is 9.36 Å². The predicted octanol–water partition coefficient (Wildman–Crippen LogP) is 2.84. The molecule has 3 aliphatic heterocycles. The minimum absolute atomic E-state index is 0.468. The smallest absolute Gasteiger partial charge is 0.0974 e. The highest BCUT2D eigenvalue weighted by Crippen LogP contribution is 2.36. The lowest BCUT2D eigenvalue weighted by molar-refractivity contribution is 0.0654. The summed E-state index contributed by atoms with van der Waals surface area (Å²) in [7, 11) is 1.98. The van der Waals surface area contributed by atoms with Gasteiger partial charge in [0, 0.05) is 75.9 Å². The molecule has 0 atom stereocenters. The molecular formula is C24H30N6O. The van der Waals surface area contributed by atoms with Gasteiger partial charge in [-0.2, -0.15) is 10.2 Å². The van der Waals surface area contributed by atoms with Gasteiger partial charge in [-0.15, -0.1) is 0 Å². The number of ether oxygens (including phenoxy) is 1. The minimum Gasteiger partial charge on any atom is -0.381 e. The van der Waals surface area contributed by atoms with Gasteiger partial charge >= 0.3 is 0 Å². The van der Waals surface area contributed by atoms with Crippen LogP contribution in [-0.4, -0.2) is 45.9 Å². The summed E-state index contributed by atoms with van der Waals surface area (Å²) in [5, 5.41) is 13.2. The number of fused-ring (bicyclic) bond motifs is 2. The second-order valence-electron chi connectivity index (χ2n) is 8.98. The van der Waals surface area contributed by atoms with E-state index in [4.69, 9.17) is 9.84 Å². The molecule has 0 radical (unpaired) electrons. The van der Waals surface area contributed by atoms with Crippen LogP contribution in [0.2, 0.25) is 0 Å². The average Bonchev–Trinajstić information content (AvgIpc) is 3.43. The summed E-state index contributed by atoms with van der Waals surface area (Å²) in [6, 6.07) is 7.23. The number of hydrogen-bond acceptors (Lipinski definition) is 5. The molecule has 1 fully saturated rings. The predicted molar refractivity (Wildman–Crippen MR) is 120 cm³/mol. The van der Waals surface area contributed by atoms with Crippen LogP contribution in [0.3, 0.4) is 0 Å². The van der Waals surface area contributed by atoms with Crippen LogP contribution in [0.15, 0.2) is 30.6 Å². The molecule has 3 aliphatic rings. The van der Waals surface area contributed by atoms with Gasteiger partial charge in [-0.05, 0) is 30.4 Å². The van der Waals surface area contributed by atoms with Crippen LogP contribution in [0.4, 0.5) is 5.69 Å². The van der Waals surface area contributed by atoms with Crippen molar-refractivity contribution in [1.29, 1.82) is 0 Å². The molecule has 2 aromatic heterocycles. The number of benzene rings is 1. The molecule has 3 aromatic rings. The van der Waals surface area contributed by atoms with E-state index in [1.54, 1.807) is 0 Å². The van der Waals surface area contributed by atoms with Crippen LogP contribution in [0.25, 0.3) is 11.3 Å². The number of hydrogen-bond donors (Lipinski definition) is 1. The molecular weight excluding hydrogens is 388 g/mol. The van der Waals surface area contributed by atoms with Crippen LogP contribution in [0, 0.1) is 0 Å². The first kappa shape index (κ1) is 19.1. The van der Waals surface area contributed by atoms with Crippen molar-refractivity contribution < 1.29 is 4.74 Å². The van der Waals surface area contributed by atoms with Crippen molar-refractivity contribution in [3.05, 3.63) is 53.0 Å². The highest BCUT2D eigenvalue weighted by Gasteiger charge is 2.29. The van der Waals surface area contributed by atoms with E-state index in [0.29, 0.717) is 6.04 Å². The minimum atomic E-state index is 0.468. The number of aryl methyl sites for hydroxylation is 1. The molecule has 0 saturated carbocycles. The molecule has 6 rings (SSSR count). The zero-order valence-corrected chi connectivity index (χ0v) is 18.2. The molecule has 0 aliphatic carbocycles. The fourth-order valence-corrected chi connectivity index (χ4v) is 5.45. The Morgan fingerprint density at radius 3 is 2.87 bits per heavy atom. The van der Waals surface area contributed by atoms with Crippen molar-refractivity contribution in [3.63, 3.8) is 0 Å². The van der Waals surface area contributed by atoms with Gasteiger partial charge in [0.25, 0.3) is 0 Å². The third-order valence-corrected chi connectivity index (χ3v) is 7.07. The van der Waals surface area contributed by atoms with E-state index >= 15 is 0 Å². The summed E-state index contributed by atoms with van der Waals surface area (Å²) in [5.41, 5.74) is 9.43. The number of anilines is 1. The third kappa shape index (κ3) is 3.36. The first-order chi connectivity index (χ1) is 15.3. The maximum atomic E-state index is 5.62. The lowest BCUT2D eigenvalue weighted by Gasteiger charge is -2.30. The lowest BCUT2D eigenvalue weighted by Crippen LogP contribution is -2.30. The summed E-state index contributed by atoms with van der Waals surface area (Å²) in [6.45, 7) is 5.58. The number of nitrogens with zero attached hydrogens (tertiary/aromatic N) is 5. The Morgan fingerprint density at radius 1 is 1.13 bits per heavy atom. The molecule has 31 heavy (non-hydrogen) atoms. The lowest BCUT2D eigenvalue weighted by atomic mass is 9.90. The fraction of sp³-hybridized carbons (Fsp3) is 0.500. The van der Waals surface area contributed by atoms with Gasteiger partial charge in [0.05, 0.1) is 23.6 Å². The van der Waals surface area contributed by atoms with Crippen molar-refractivity contribution >= 4 is 5.69 Å². The molecule has 5 heterocycles. The van der Waals surface area contributed by atoms with E-state index in [-0.39, 0.29) is 0 Å². The molecule has 0 spiro atoms. The van der Waals surface area contributed by atoms with Gasteiger partial charge < -0.3 is 15.0 Å². The maximum absolute atomic E-state index is 5.62. The second kappa shape index (κ2) is 7.80. The standard InChI is InChI=1S/C24H30N6O/c1-28-16-19(13-26-28)29-10-6-20-17(15-29)3-2-4-21(20)24-22-14-25-9-5-23(22)30(27-24)18-7-11-31-12-8-18/h2-4,13,16,18,25H,5-12,14-15H2,1H3. The summed E-state index contributed by atoms with van der Waals surface area (Å²) in [4.78, 5) is 2.43. The van der Waals surface area contributed by atoms with Crippen LogP contribution in [0.1, 0.15) is 41.3 Å². The summed E-state index contributed by atoms with van der Waals surface area (Å²) >= 11 is 0. The summed E-state index contributed by atoms with van der Waals surface area (Å²) in [6.07, 6.45) is 8.29. The normalized spacial score (nSPS) is 19.3. The van der Waals surface area contributed by atoms with Crippen molar-refractivity contribution in [1.82, 2.24) is 24.9 Å². The third-order valence-electron chi connectivity index (χ3n) is 7.07. The molecule has 7 heteroatoms. The number of aromatic nitrogens is 4. The van der Waals surface area contributed by atoms with Gasteiger partial charge in [0.2, 0.25) is 0 Å². The van der Waals surface area contributed by atoms with Crippen molar-refractivity contribution in [3.8, 4) is 11.3 Å². The van der Waals surface area contributed by atoms with E-state index in [2.05, 4.69) is 44.4 Å². The van der Waals surface area contributed by atoms with Gasteiger partial charge in [0.15, 0.2) is 0 Å². The van der Waals surface area contributed by atoms with E-state index in [9.17, 15) is 0 Å². The molecule has 7 nitrogen and oxygen atoms in total. The van der Waals surface area contributed by atoms with Crippen molar-refractivity contribution in [2.45, 2.75) is 44.8 Å². The molecule has 162 valence electrons. The zero-order chi connectivity index (χ0) is 20.8. The van der Waals surface area contributed by atoms with Crippen LogP contribution >= 0.6 is 0 Å². The Kier molecular flexibility index (Phi) is 4.80. The number of rotatable bonds is 3. The molecule has 1 N–H and O–H groups in total. The Bertz CT molecular complexity index is 1090. The number of nitrogens with one attached hydrogen (secondary N) is 1. The molecule has 0 amide bonds.